The standard InChI is InChI=1S/C24H21N3O4/c1-13-21(15(3)31-26-13)18-10-19-17(11-20(18)29-4)22-23(14(2)25-19)30-24(28)27(22)12-16-8-6-5-7-9-16/h5-11H,12H2,1-4H3. The summed E-state index contributed by atoms with van der Waals surface area (Å²) in [6.45, 7) is 6.01. The molecule has 0 aliphatic rings. The zero-order chi connectivity index (χ0) is 21.7. The Labute approximate surface area is 177 Å². The molecule has 0 bridgehead atoms. The Kier molecular flexibility index (Phi) is 4.39. The third-order valence-corrected chi connectivity index (χ3v) is 5.57. The van der Waals surface area contributed by atoms with E-state index >= 15 is 0 Å². The number of methoxy groups -OCH3 is 1. The number of hydrogen-bond acceptors (Lipinski definition) is 6. The van der Waals surface area contributed by atoms with Crippen LogP contribution in [-0.4, -0.2) is 21.8 Å². The van der Waals surface area contributed by atoms with Gasteiger partial charge in [0.2, 0.25) is 0 Å². The summed E-state index contributed by atoms with van der Waals surface area (Å²) in [6.07, 6.45) is 0. The van der Waals surface area contributed by atoms with Crippen LogP contribution in [-0.2, 0) is 6.54 Å². The first-order valence-electron chi connectivity index (χ1n) is 9.96. The SMILES string of the molecule is COc1cc2c(cc1-c1c(C)noc1C)nc(C)c1oc(=O)n(Cc3ccccc3)c12. The molecule has 0 atom stereocenters. The Morgan fingerprint density at radius 2 is 1.84 bits per heavy atom. The molecule has 0 unspecified atom stereocenters. The van der Waals surface area contributed by atoms with Crippen LogP contribution in [0, 0.1) is 20.8 Å². The third kappa shape index (κ3) is 3.01. The normalized spacial score (nSPS) is 11.5. The van der Waals surface area contributed by atoms with Crippen molar-refractivity contribution in [1.29, 1.82) is 0 Å². The van der Waals surface area contributed by atoms with Crippen LogP contribution in [0.1, 0.15) is 22.7 Å². The molecular formula is C24H21N3O4. The van der Waals surface area contributed by atoms with Gasteiger partial charge in [-0.15, -0.1) is 0 Å². The van der Waals surface area contributed by atoms with Crippen LogP contribution in [0.25, 0.3) is 33.1 Å². The summed E-state index contributed by atoms with van der Waals surface area (Å²) in [5.74, 6) is 0.941. The molecule has 156 valence electrons. The van der Waals surface area contributed by atoms with E-state index in [1.165, 1.54) is 0 Å². The second kappa shape index (κ2) is 7.12. The predicted molar refractivity (Wildman–Crippen MR) is 118 cm³/mol. The van der Waals surface area contributed by atoms with E-state index in [-0.39, 0.29) is 0 Å². The van der Waals surface area contributed by atoms with Crippen molar-refractivity contribution in [3.8, 4) is 16.9 Å². The molecule has 3 heterocycles. The largest absolute Gasteiger partial charge is 0.496 e. The lowest BCUT2D eigenvalue weighted by molar-refractivity contribution is 0.393. The van der Waals surface area contributed by atoms with Gasteiger partial charge in [-0.1, -0.05) is 35.5 Å². The number of hydrogen-bond donors (Lipinski definition) is 0. The Balaban J connectivity index is 1.83. The number of ether oxygens (including phenoxy) is 1. The summed E-state index contributed by atoms with van der Waals surface area (Å²) in [5.41, 5.74) is 6.10. The Hall–Kier alpha value is -3.87. The molecule has 7 nitrogen and oxygen atoms in total. The fraction of sp³-hybridized carbons (Fsp3) is 0.208. The summed E-state index contributed by atoms with van der Waals surface area (Å²) < 4.78 is 18.3. The molecule has 7 heteroatoms. The van der Waals surface area contributed by atoms with Crippen LogP contribution in [0.3, 0.4) is 0 Å². The topological polar surface area (TPSA) is 83.3 Å². The number of oxazole rings is 1. The number of pyridine rings is 1. The highest BCUT2D eigenvalue weighted by atomic mass is 16.5. The maximum absolute atomic E-state index is 12.8. The van der Waals surface area contributed by atoms with Gasteiger partial charge in [-0.2, -0.15) is 0 Å². The monoisotopic (exact) mass is 415 g/mol. The van der Waals surface area contributed by atoms with Crippen molar-refractivity contribution >= 4 is 22.0 Å². The summed E-state index contributed by atoms with van der Waals surface area (Å²) >= 11 is 0. The maximum atomic E-state index is 12.8. The summed E-state index contributed by atoms with van der Waals surface area (Å²) in [5, 5.41) is 4.86. The van der Waals surface area contributed by atoms with E-state index in [1.54, 1.807) is 11.7 Å². The summed E-state index contributed by atoms with van der Waals surface area (Å²) in [6, 6.07) is 13.7. The van der Waals surface area contributed by atoms with Crippen molar-refractivity contribution in [1.82, 2.24) is 14.7 Å². The van der Waals surface area contributed by atoms with Crippen LogP contribution in [0.5, 0.6) is 5.75 Å². The van der Waals surface area contributed by atoms with E-state index in [4.69, 9.17) is 18.7 Å². The molecule has 3 aromatic heterocycles. The minimum atomic E-state index is -0.412. The van der Waals surface area contributed by atoms with E-state index in [0.717, 1.165) is 33.3 Å². The van der Waals surface area contributed by atoms with Gasteiger partial charge in [0, 0.05) is 10.9 Å². The Bertz CT molecular complexity index is 1470. The van der Waals surface area contributed by atoms with E-state index in [2.05, 4.69) is 5.16 Å². The van der Waals surface area contributed by atoms with Crippen molar-refractivity contribution in [3.63, 3.8) is 0 Å². The van der Waals surface area contributed by atoms with Crippen molar-refractivity contribution < 1.29 is 13.7 Å². The van der Waals surface area contributed by atoms with Crippen LogP contribution >= 0.6 is 0 Å². The Morgan fingerprint density at radius 3 is 2.52 bits per heavy atom. The molecule has 0 N–H and O–H groups in total. The van der Waals surface area contributed by atoms with E-state index < -0.39 is 5.76 Å². The van der Waals surface area contributed by atoms with Crippen LogP contribution in [0.4, 0.5) is 0 Å². The van der Waals surface area contributed by atoms with Gasteiger partial charge < -0.3 is 13.7 Å². The molecule has 0 spiro atoms. The minimum absolute atomic E-state index is 0.402. The molecule has 5 rings (SSSR count). The zero-order valence-electron chi connectivity index (χ0n) is 17.7. The smallest absolute Gasteiger partial charge is 0.420 e. The highest BCUT2D eigenvalue weighted by Gasteiger charge is 2.21. The average Bonchev–Trinajstić information content (AvgIpc) is 3.27. The molecule has 0 saturated carbocycles. The van der Waals surface area contributed by atoms with E-state index in [1.807, 2.05) is 63.2 Å². The fourth-order valence-electron chi connectivity index (χ4n) is 4.14. The molecule has 0 aliphatic carbocycles. The van der Waals surface area contributed by atoms with Gasteiger partial charge in [0.25, 0.3) is 0 Å². The molecule has 2 aromatic carbocycles. The van der Waals surface area contributed by atoms with Crippen LogP contribution in [0.2, 0.25) is 0 Å². The number of aromatic nitrogens is 3. The number of nitrogens with zero attached hydrogens (tertiary/aromatic N) is 3. The molecular weight excluding hydrogens is 394 g/mol. The lowest BCUT2D eigenvalue weighted by Gasteiger charge is -2.12. The summed E-state index contributed by atoms with van der Waals surface area (Å²) in [7, 11) is 1.62. The molecule has 0 saturated heterocycles. The number of rotatable bonds is 4. The second-order valence-corrected chi connectivity index (χ2v) is 7.58. The second-order valence-electron chi connectivity index (χ2n) is 7.58. The van der Waals surface area contributed by atoms with Crippen molar-refractivity contribution in [3.05, 3.63) is 75.7 Å². The van der Waals surface area contributed by atoms with Crippen molar-refractivity contribution in [2.75, 3.05) is 7.11 Å². The molecule has 5 aromatic rings. The van der Waals surface area contributed by atoms with Gasteiger partial charge in [-0.3, -0.25) is 4.57 Å². The van der Waals surface area contributed by atoms with Crippen LogP contribution in [0.15, 0.2) is 56.2 Å². The first kappa shape index (κ1) is 19.1. The average molecular weight is 415 g/mol. The molecule has 0 radical (unpaired) electrons. The molecule has 0 amide bonds. The number of aryl methyl sites for hydroxylation is 3. The summed E-state index contributed by atoms with van der Waals surface area (Å²) in [4.78, 5) is 17.5. The first-order chi connectivity index (χ1) is 15.0. The maximum Gasteiger partial charge on any atom is 0.420 e. The van der Waals surface area contributed by atoms with Gasteiger partial charge in [0.15, 0.2) is 5.58 Å². The van der Waals surface area contributed by atoms with Crippen molar-refractivity contribution in [2.45, 2.75) is 27.3 Å². The number of benzene rings is 2. The van der Waals surface area contributed by atoms with Gasteiger partial charge in [0.05, 0.1) is 36.1 Å². The highest BCUT2D eigenvalue weighted by molar-refractivity contribution is 6.05. The highest BCUT2D eigenvalue weighted by Crippen LogP contribution is 2.39. The first-order valence-corrected chi connectivity index (χ1v) is 9.96. The van der Waals surface area contributed by atoms with Gasteiger partial charge >= 0.3 is 5.76 Å². The minimum Gasteiger partial charge on any atom is -0.496 e. The van der Waals surface area contributed by atoms with E-state index in [9.17, 15) is 4.79 Å². The predicted octanol–water partition coefficient (Wildman–Crippen LogP) is 4.78. The third-order valence-electron chi connectivity index (χ3n) is 5.57. The molecule has 31 heavy (non-hydrogen) atoms. The lowest BCUT2D eigenvalue weighted by atomic mass is 10.00. The van der Waals surface area contributed by atoms with Gasteiger partial charge in [-0.25, -0.2) is 9.78 Å². The number of fused-ring (bicyclic) bond motifs is 3. The Morgan fingerprint density at radius 1 is 1.06 bits per heavy atom. The van der Waals surface area contributed by atoms with Gasteiger partial charge in [-0.05, 0) is 38.5 Å². The quantitative estimate of drug-likeness (QED) is 0.420. The van der Waals surface area contributed by atoms with Crippen molar-refractivity contribution in [2.24, 2.45) is 0 Å². The lowest BCUT2D eigenvalue weighted by Crippen LogP contribution is -2.15. The van der Waals surface area contributed by atoms with Crippen LogP contribution < -0.4 is 10.5 Å². The van der Waals surface area contributed by atoms with E-state index in [0.29, 0.717) is 34.8 Å². The molecule has 0 fully saturated rings. The fourth-order valence-corrected chi connectivity index (χ4v) is 4.14. The van der Waals surface area contributed by atoms with Gasteiger partial charge in [0.1, 0.15) is 17.0 Å². The molecule has 0 aliphatic heterocycles. The zero-order valence-corrected chi connectivity index (χ0v) is 17.7.